The zero-order chi connectivity index (χ0) is 15.3. The molecule has 112 valence electrons. The number of rotatable bonds is 6. The first-order chi connectivity index (χ1) is 9.27. The number of ether oxygens (including phenoxy) is 1. The van der Waals surface area contributed by atoms with Crippen molar-refractivity contribution in [2.24, 2.45) is 0 Å². The van der Waals surface area contributed by atoms with E-state index in [1.54, 1.807) is 0 Å². The maximum absolute atomic E-state index is 12.1. The van der Waals surface area contributed by atoms with Crippen LogP contribution in [0.2, 0.25) is 0 Å². The molecule has 20 heavy (non-hydrogen) atoms. The van der Waals surface area contributed by atoms with E-state index >= 15 is 0 Å². The Kier molecular flexibility index (Phi) is 5.53. The first-order valence-electron chi connectivity index (χ1n) is 5.41. The third-order valence-corrected chi connectivity index (χ3v) is 5.22. The highest BCUT2D eigenvalue weighted by Crippen LogP contribution is 2.22. The summed E-state index contributed by atoms with van der Waals surface area (Å²) < 4.78 is 29.4. The van der Waals surface area contributed by atoms with Crippen molar-refractivity contribution < 1.29 is 22.7 Å². The number of anilines is 1. The molecule has 0 fully saturated rings. The van der Waals surface area contributed by atoms with Gasteiger partial charge in [0.25, 0.3) is 10.0 Å². The van der Waals surface area contributed by atoms with Gasteiger partial charge in [-0.15, -0.1) is 10.2 Å². The second-order valence-electron chi connectivity index (χ2n) is 3.71. The van der Waals surface area contributed by atoms with E-state index in [2.05, 4.69) is 20.3 Å². The molecule has 1 amide bonds. The lowest BCUT2D eigenvalue weighted by molar-refractivity contribution is -0.140. The number of methoxy groups -OCH3 is 1. The van der Waals surface area contributed by atoms with Gasteiger partial charge in [-0.2, -0.15) is 4.31 Å². The molecule has 0 saturated heterocycles. The third kappa shape index (κ3) is 4.21. The summed E-state index contributed by atoms with van der Waals surface area (Å²) in [7, 11) is -1.30. The van der Waals surface area contributed by atoms with Crippen LogP contribution in [0.3, 0.4) is 0 Å². The highest BCUT2D eigenvalue weighted by atomic mass is 32.2. The van der Waals surface area contributed by atoms with Crippen LogP contribution in [0.25, 0.3) is 0 Å². The van der Waals surface area contributed by atoms with Gasteiger partial charge >= 0.3 is 5.97 Å². The van der Waals surface area contributed by atoms with Crippen molar-refractivity contribution >= 4 is 38.4 Å². The second-order valence-corrected chi connectivity index (χ2v) is 6.90. The summed E-state index contributed by atoms with van der Waals surface area (Å²) in [6, 6.07) is 0. The summed E-state index contributed by atoms with van der Waals surface area (Å²) in [5, 5.41) is 9.51. The van der Waals surface area contributed by atoms with E-state index in [9.17, 15) is 18.0 Å². The van der Waals surface area contributed by atoms with Crippen molar-refractivity contribution in [3.8, 4) is 0 Å². The molecule has 11 heteroatoms. The molecule has 9 nitrogen and oxygen atoms in total. The molecule has 0 saturated carbocycles. The van der Waals surface area contributed by atoms with E-state index < -0.39 is 16.0 Å². The van der Waals surface area contributed by atoms with Crippen LogP contribution in [0, 0.1) is 0 Å². The molecular formula is C9H14N4O5S2. The molecule has 0 radical (unpaired) electrons. The molecule has 1 N–H and O–H groups in total. The number of carbonyl (C=O) groups excluding carboxylic acids is 2. The van der Waals surface area contributed by atoms with E-state index in [1.165, 1.54) is 21.1 Å². The van der Waals surface area contributed by atoms with Crippen LogP contribution in [0.15, 0.2) is 4.34 Å². The van der Waals surface area contributed by atoms with Gasteiger partial charge in [-0.05, 0) is 0 Å². The Bertz CT molecular complexity index is 597. The Morgan fingerprint density at radius 2 is 2.05 bits per heavy atom. The van der Waals surface area contributed by atoms with Crippen molar-refractivity contribution in [3.63, 3.8) is 0 Å². The first kappa shape index (κ1) is 16.5. The topological polar surface area (TPSA) is 119 Å². The maximum Gasteiger partial charge on any atom is 0.306 e. The zero-order valence-electron chi connectivity index (χ0n) is 11.1. The molecule has 0 aliphatic heterocycles. The molecule has 0 unspecified atom stereocenters. The zero-order valence-corrected chi connectivity index (χ0v) is 12.7. The fourth-order valence-corrected chi connectivity index (χ4v) is 3.42. The second kappa shape index (κ2) is 6.72. The van der Waals surface area contributed by atoms with Crippen molar-refractivity contribution in [1.82, 2.24) is 14.5 Å². The molecule has 1 aromatic rings. The summed E-state index contributed by atoms with van der Waals surface area (Å²) in [4.78, 5) is 21.8. The quantitative estimate of drug-likeness (QED) is 0.563. The van der Waals surface area contributed by atoms with Crippen LogP contribution in [0.4, 0.5) is 5.13 Å². The Hall–Kier alpha value is -1.59. The molecule has 0 atom stereocenters. The van der Waals surface area contributed by atoms with Crippen molar-refractivity contribution in [1.29, 1.82) is 0 Å². The average Bonchev–Trinajstić information content (AvgIpc) is 2.83. The Balaban J connectivity index is 2.79. The van der Waals surface area contributed by atoms with Gasteiger partial charge in [-0.3, -0.25) is 9.59 Å². The van der Waals surface area contributed by atoms with Gasteiger partial charge in [0.05, 0.1) is 13.5 Å². The minimum absolute atomic E-state index is 0.0376. The number of esters is 1. The number of hydrogen-bond donors (Lipinski definition) is 1. The van der Waals surface area contributed by atoms with Crippen LogP contribution in [-0.4, -0.2) is 55.5 Å². The van der Waals surface area contributed by atoms with E-state index in [0.717, 1.165) is 15.6 Å². The summed E-state index contributed by atoms with van der Waals surface area (Å²) in [5.41, 5.74) is 0. The summed E-state index contributed by atoms with van der Waals surface area (Å²) in [6.45, 7) is 1.24. The van der Waals surface area contributed by atoms with E-state index in [-0.39, 0.29) is 28.3 Å². The van der Waals surface area contributed by atoms with Gasteiger partial charge in [0.15, 0.2) is 0 Å². The smallest absolute Gasteiger partial charge is 0.306 e. The van der Waals surface area contributed by atoms with E-state index in [0.29, 0.717) is 0 Å². The van der Waals surface area contributed by atoms with Crippen LogP contribution >= 0.6 is 11.3 Å². The largest absolute Gasteiger partial charge is 0.469 e. The Morgan fingerprint density at radius 1 is 1.40 bits per heavy atom. The number of amides is 1. The normalized spacial score (nSPS) is 11.4. The molecule has 0 bridgehead atoms. The van der Waals surface area contributed by atoms with Crippen LogP contribution in [-0.2, 0) is 24.3 Å². The molecule has 0 aliphatic rings. The number of carbonyl (C=O) groups is 2. The Labute approximate surface area is 120 Å². The van der Waals surface area contributed by atoms with Gasteiger partial charge in [0, 0.05) is 20.5 Å². The number of nitrogens with one attached hydrogen (secondary N) is 1. The number of hydrogen-bond acceptors (Lipinski definition) is 8. The molecule has 0 aromatic carbocycles. The monoisotopic (exact) mass is 322 g/mol. The fourth-order valence-electron chi connectivity index (χ4n) is 1.12. The lowest BCUT2D eigenvalue weighted by Gasteiger charge is -2.13. The van der Waals surface area contributed by atoms with Gasteiger partial charge in [-0.1, -0.05) is 11.3 Å². The first-order valence-corrected chi connectivity index (χ1v) is 7.67. The van der Waals surface area contributed by atoms with Crippen LogP contribution < -0.4 is 5.32 Å². The van der Waals surface area contributed by atoms with Crippen LogP contribution in [0.1, 0.15) is 13.3 Å². The predicted molar refractivity (Wildman–Crippen MR) is 70.7 cm³/mol. The maximum atomic E-state index is 12.1. The highest BCUT2D eigenvalue weighted by Gasteiger charge is 2.26. The SMILES string of the molecule is COC(=O)CCN(C)S(=O)(=O)c1nnc(NC(C)=O)s1. The van der Waals surface area contributed by atoms with Crippen LogP contribution in [0.5, 0.6) is 0 Å². The molecular weight excluding hydrogens is 308 g/mol. The van der Waals surface area contributed by atoms with Gasteiger partial charge in [0.2, 0.25) is 15.4 Å². The standard InChI is InChI=1S/C9H14N4O5S2/c1-6(14)10-8-11-12-9(19-8)20(16,17)13(2)5-4-7(15)18-3/h4-5H2,1-3H3,(H,10,11,14). The molecule has 1 aromatic heterocycles. The molecule has 0 spiro atoms. The van der Waals surface area contributed by atoms with Crippen molar-refractivity contribution in [2.75, 3.05) is 26.0 Å². The van der Waals surface area contributed by atoms with Gasteiger partial charge in [-0.25, -0.2) is 8.42 Å². The predicted octanol–water partition coefficient (Wildman–Crippen LogP) is -0.320. The highest BCUT2D eigenvalue weighted by molar-refractivity contribution is 7.91. The summed E-state index contributed by atoms with van der Waals surface area (Å²) in [5.74, 6) is -0.882. The lowest BCUT2D eigenvalue weighted by Crippen LogP contribution is -2.29. The molecule has 0 aliphatic carbocycles. The summed E-state index contributed by atoms with van der Waals surface area (Å²) in [6.07, 6.45) is -0.0659. The summed E-state index contributed by atoms with van der Waals surface area (Å²) >= 11 is 0.737. The third-order valence-electron chi connectivity index (χ3n) is 2.18. The average molecular weight is 322 g/mol. The molecule has 1 heterocycles. The van der Waals surface area contributed by atoms with Gasteiger partial charge < -0.3 is 10.1 Å². The number of aromatic nitrogens is 2. The lowest BCUT2D eigenvalue weighted by atomic mass is 10.4. The van der Waals surface area contributed by atoms with E-state index in [4.69, 9.17) is 0 Å². The number of sulfonamides is 1. The minimum Gasteiger partial charge on any atom is -0.469 e. The van der Waals surface area contributed by atoms with E-state index in [1.807, 2.05) is 0 Å². The number of nitrogens with zero attached hydrogens (tertiary/aromatic N) is 3. The Morgan fingerprint density at radius 3 is 2.60 bits per heavy atom. The molecule has 1 rings (SSSR count). The fraction of sp³-hybridized carbons (Fsp3) is 0.556. The van der Waals surface area contributed by atoms with Gasteiger partial charge in [0.1, 0.15) is 0 Å². The minimum atomic E-state index is -3.84. The van der Waals surface area contributed by atoms with Crippen molar-refractivity contribution in [3.05, 3.63) is 0 Å². The van der Waals surface area contributed by atoms with Crippen molar-refractivity contribution in [2.45, 2.75) is 17.7 Å².